The zero-order valence-corrected chi connectivity index (χ0v) is 9.33. The van der Waals surface area contributed by atoms with Gasteiger partial charge in [-0.3, -0.25) is 4.90 Å². The molecular formula is C11H22N2O. The van der Waals surface area contributed by atoms with Crippen molar-refractivity contribution in [2.45, 2.75) is 32.4 Å². The first kappa shape index (κ1) is 11.7. The first-order chi connectivity index (χ1) is 6.63. The van der Waals surface area contributed by atoms with E-state index in [4.69, 9.17) is 10.5 Å². The Balaban J connectivity index is 2.36. The number of rotatable bonds is 4. The summed E-state index contributed by atoms with van der Waals surface area (Å²) in [6.07, 6.45) is 1.24. The van der Waals surface area contributed by atoms with Crippen LogP contribution in [0.2, 0.25) is 0 Å². The summed E-state index contributed by atoms with van der Waals surface area (Å²) in [6.45, 7) is 11.9. The third-order valence-corrected chi connectivity index (χ3v) is 2.71. The molecule has 1 aliphatic heterocycles. The number of hydrogen-bond donors (Lipinski definition) is 1. The van der Waals surface area contributed by atoms with Crippen LogP contribution < -0.4 is 5.73 Å². The molecule has 2 N–H and O–H groups in total. The average molecular weight is 198 g/mol. The fraction of sp³-hybridized carbons (Fsp3) is 0.818. The molecule has 0 aromatic carbocycles. The molecule has 82 valence electrons. The Hall–Kier alpha value is -0.380. The predicted molar refractivity (Wildman–Crippen MR) is 59.3 cm³/mol. The van der Waals surface area contributed by atoms with Crippen LogP contribution >= 0.6 is 0 Å². The van der Waals surface area contributed by atoms with Crippen LogP contribution in [0.5, 0.6) is 0 Å². The zero-order chi connectivity index (χ0) is 10.6. The van der Waals surface area contributed by atoms with Crippen molar-refractivity contribution in [3.05, 3.63) is 12.2 Å². The van der Waals surface area contributed by atoms with E-state index in [1.54, 1.807) is 0 Å². The number of morpholine rings is 1. The summed E-state index contributed by atoms with van der Waals surface area (Å²) >= 11 is 0. The van der Waals surface area contributed by atoms with Gasteiger partial charge in [-0.15, -0.1) is 0 Å². The Labute approximate surface area is 86.9 Å². The molecule has 1 rings (SSSR count). The standard InChI is InChI=1S/C11H22N2O/c1-4-9(2)7-13-5-6-14-11(8-13)10(3)12/h10-11H,2,4-8,12H2,1,3H3. The van der Waals surface area contributed by atoms with Crippen LogP contribution in [0.3, 0.4) is 0 Å². The van der Waals surface area contributed by atoms with E-state index in [1.807, 2.05) is 6.92 Å². The summed E-state index contributed by atoms with van der Waals surface area (Å²) < 4.78 is 5.59. The molecule has 1 fully saturated rings. The maximum atomic E-state index is 5.82. The fourth-order valence-electron chi connectivity index (χ4n) is 1.62. The average Bonchev–Trinajstić information content (AvgIpc) is 2.18. The van der Waals surface area contributed by atoms with Gasteiger partial charge in [-0.1, -0.05) is 19.1 Å². The molecule has 0 aliphatic carbocycles. The predicted octanol–water partition coefficient (Wildman–Crippen LogP) is 1.00. The molecule has 0 aromatic heterocycles. The Morgan fingerprint density at radius 2 is 2.43 bits per heavy atom. The summed E-state index contributed by atoms with van der Waals surface area (Å²) in [5, 5.41) is 0. The molecule has 0 spiro atoms. The van der Waals surface area contributed by atoms with Gasteiger partial charge in [-0.25, -0.2) is 0 Å². The Morgan fingerprint density at radius 1 is 1.71 bits per heavy atom. The maximum absolute atomic E-state index is 5.82. The second-order valence-corrected chi connectivity index (χ2v) is 4.11. The van der Waals surface area contributed by atoms with Gasteiger partial charge in [0.2, 0.25) is 0 Å². The molecule has 1 saturated heterocycles. The minimum atomic E-state index is 0.118. The van der Waals surface area contributed by atoms with Crippen LogP contribution in [0.4, 0.5) is 0 Å². The molecule has 1 heterocycles. The van der Waals surface area contributed by atoms with Gasteiger partial charge in [-0.2, -0.15) is 0 Å². The minimum Gasteiger partial charge on any atom is -0.374 e. The second kappa shape index (κ2) is 5.49. The summed E-state index contributed by atoms with van der Waals surface area (Å²) in [6, 6.07) is 0.118. The minimum absolute atomic E-state index is 0.118. The van der Waals surface area contributed by atoms with Crippen LogP contribution in [0, 0.1) is 0 Å². The van der Waals surface area contributed by atoms with Crippen molar-refractivity contribution in [1.82, 2.24) is 4.90 Å². The van der Waals surface area contributed by atoms with E-state index in [1.165, 1.54) is 5.57 Å². The molecule has 2 atom stereocenters. The molecule has 0 aromatic rings. The van der Waals surface area contributed by atoms with Crippen LogP contribution in [0.1, 0.15) is 20.3 Å². The van der Waals surface area contributed by atoms with Crippen LogP contribution in [-0.2, 0) is 4.74 Å². The van der Waals surface area contributed by atoms with Crippen LogP contribution in [0.15, 0.2) is 12.2 Å². The summed E-state index contributed by atoms with van der Waals surface area (Å²) in [4.78, 5) is 2.38. The quantitative estimate of drug-likeness (QED) is 0.685. The SMILES string of the molecule is C=C(CC)CN1CCOC(C(C)N)C1. The van der Waals surface area contributed by atoms with Crippen LogP contribution in [0.25, 0.3) is 0 Å². The number of ether oxygens (including phenoxy) is 1. The molecular weight excluding hydrogens is 176 g/mol. The van der Waals surface area contributed by atoms with Crippen molar-refractivity contribution in [2.24, 2.45) is 5.73 Å². The van der Waals surface area contributed by atoms with Gasteiger partial charge >= 0.3 is 0 Å². The lowest BCUT2D eigenvalue weighted by Gasteiger charge is -2.35. The van der Waals surface area contributed by atoms with Gasteiger partial charge in [0.15, 0.2) is 0 Å². The number of nitrogens with zero attached hydrogens (tertiary/aromatic N) is 1. The van der Waals surface area contributed by atoms with E-state index in [0.717, 1.165) is 32.7 Å². The lowest BCUT2D eigenvalue weighted by atomic mass is 10.1. The van der Waals surface area contributed by atoms with E-state index in [9.17, 15) is 0 Å². The second-order valence-electron chi connectivity index (χ2n) is 4.11. The third-order valence-electron chi connectivity index (χ3n) is 2.71. The van der Waals surface area contributed by atoms with E-state index in [-0.39, 0.29) is 12.1 Å². The van der Waals surface area contributed by atoms with E-state index in [0.29, 0.717) is 0 Å². The van der Waals surface area contributed by atoms with Crippen molar-refractivity contribution in [3.63, 3.8) is 0 Å². The molecule has 3 nitrogen and oxygen atoms in total. The van der Waals surface area contributed by atoms with E-state index >= 15 is 0 Å². The number of hydrogen-bond acceptors (Lipinski definition) is 3. The monoisotopic (exact) mass is 198 g/mol. The van der Waals surface area contributed by atoms with E-state index < -0.39 is 0 Å². The summed E-state index contributed by atoms with van der Waals surface area (Å²) in [5.41, 5.74) is 7.11. The van der Waals surface area contributed by atoms with Gasteiger partial charge in [0.05, 0.1) is 12.7 Å². The Morgan fingerprint density at radius 3 is 3.00 bits per heavy atom. The molecule has 0 amide bonds. The molecule has 2 unspecified atom stereocenters. The normalized spacial score (nSPS) is 26.1. The van der Waals surface area contributed by atoms with Crippen molar-refractivity contribution < 1.29 is 4.74 Å². The van der Waals surface area contributed by atoms with Crippen molar-refractivity contribution in [3.8, 4) is 0 Å². The zero-order valence-electron chi connectivity index (χ0n) is 9.33. The maximum Gasteiger partial charge on any atom is 0.0850 e. The largest absolute Gasteiger partial charge is 0.374 e. The highest BCUT2D eigenvalue weighted by Crippen LogP contribution is 2.10. The van der Waals surface area contributed by atoms with Gasteiger partial charge in [-0.05, 0) is 13.3 Å². The molecule has 0 radical (unpaired) electrons. The summed E-state index contributed by atoms with van der Waals surface area (Å²) in [7, 11) is 0. The molecule has 1 aliphatic rings. The lowest BCUT2D eigenvalue weighted by Crippen LogP contribution is -2.49. The summed E-state index contributed by atoms with van der Waals surface area (Å²) in [5.74, 6) is 0. The van der Waals surface area contributed by atoms with E-state index in [2.05, 4.69) is 18.4 Å². The highest BCUT2D eigenvalue weighted by atomic mass is 16.5. The Bertz CT molecular complexity index is 192. The molecule has 14 heavy (non-hydrogen) atoms. The highest BCUT2D eigenvalue weighted by Gasteiger charge is 2.23. The first-order valence-corrected chi connectivity index (χ1v) is 5.39. The molecule has 3 heteroatoms. The van der Waals surface area contributed by atoms with Crippen LogP contribution in [-0.4, -0.2) is 43.3 Å². The van der Waals surface area contributed by atoms with Gasteiger partial charge in [0, 0.05) is 25.7 Å². The Kier molecular flexibility index (Phi) is 4.58. The van der Waals surface area contributed by atoms with Crippen molar-refractivity contribution in [1.29, 1.82) is 0 Å². The fourth-order valence-corrected chi connectivity index (χ4v) is 1.62. The molecule has 0 saturated carbocycles. The smallest absolute Gasteiger partial charge is 0.0850 e. The highest BCUT2D eigenvalue weighted by molar-refractivity contribution is 4.97. The lowest BCUT2D eigenvalue weighted by molar-refractivity contribution is -0.0347. The van der Waals surface area contributed by atoms with Crippen molar-refractivity contribution in [2.75, 3.05) is 26.2 Å². The molecule has 0 bridgehead atoms. The van der Waals surface area contributed by atoms with Gasteiger partial charge in [0.1, 0.15) is 0 Å². The van der Waals surface area contributed by atoms with Crippen molar-refractivity contribution >= 4 is 0 Å². The number of nitrogens with two attached hydrogens (primary N) is 1. The van der Waals surface area contributed by atoms with Gasteiger partial charge < -0.3 is 10.5 Å². The first-order valence-electron chi connectivity index (χ1n) is 5.39. The third kappa shape index (κ3) is 3.40. The van der Waals surface area contributed by atoms with Gasteiger partial charge in [0.25, 0.3) is 0 Å². The topological polar surface area (TPSA) is 38.5 Å².